The highest BCUT2D eigenvalue weighted by molar-refractivity contribution is 5.50. The summed E-state index contributed by atoms with van der Waals surface area (Å²) in [6.07, 6.45) is -2.90. The van der Waals surface area contributed by atoms with Crippen LogP contribution in [0, 0.1) is 10.1 Å². The van der Waals surface area contributed by atoms with Gasteiger partial charge in [0.15, 0.2) is 0 Å². The minimum absolute atomic E-state index is 0.223. The number of hydrogen-bond acceptors (Lipinski definition) is 9. The molecule has 11 nitrogen and oxygen atoms in total. The van der Waals surface area contributed by atoms with Crippen molar-refractivity contribution >= 4 is 11.5 Å². The molecule has 3 heterocycles. The van der Waals surface area contributed by atoms with Crippen molar-refractivity contribution in [2.75, 3.05) is 24.6 Å². The Bertz CT molecular complexity index is 1670. The molecular formula is C34H36F3N5O6. The van der Waals surface area contributed by atoms with E-state index in [0.717, 1.165) is 42.2 Å². The lowest BCUT2D eigenvalue weighted by Crippen LogP contribution is -2.56. The number of rotatable bonds is 11. The minimum Gasteiger partial charge on any atom is -0.490 e. The molecule has 0 amide bonds. The summed E-state index contributed by atoms with van der Waals surface area (Å²) in [6.45, 7) is 8.11. The van der Waals surface area contributed by atoms with E-state index in [9.17, 15) is 23.3 Å². The molecule has 6 rings (SSSR count). The zero-order valence-electron chi connectivity index (χ0n) is 26.5. The Morgan fingerprint density at radius 1 is 0.896 bits per heavy atom. The van der Waals surface area contributed by atoms with Crippen LogP contribution in [0.4, 0.5) is 24.7 Å². The van der Waals surface area contributed by atoms with Gasteiger partial charge in [-0.3, -0.25) is 9.47 Å². The topological polar surface area (TPSA) is 104 Å². The molecule has 1 fully saturated rings. The lowest BCUT2D eigenvalue weighted by Gasteiger charge is -2.45. The number of imidazole rings is 1. The van der Waals surface area contributed by atoms with Gasteiger partial charge in [-0.15, -0.1) is 13.2 Å². The molecule has 0 spiro atoms. The molecule has 0 N–H and O–H groups in total. The SMILES string of the molecule is C[C@@H]1CN(c2ccc(OC[C@H]3CCn4cc([N+](=O)[O-])nc4O3)cc2)C[C@H](C)N1Cc1ccc(OCc2ccc(OC(F)(F)F)cc2)cc1. The van der Waals surface area contributed by atoms with Crippen LogP contribution in [0.15, 0.2) is 79.0 Å². The second-order valence-corrected chi connectivity index (χ2v) is 12.1. The van der Waals surface area contributed by atoms with E-state index in [1.807, 2.05) is 36.4 Å². The number of nitro groups is 1. The molecule has 0 unspecified atom stereocenters. The summed E-state index contributed by atoms with van der Waals surface area (Å²) < 4.78 is 60.3. The van der Waals surface area contributed by atoms with Gasteiger partial charge in [-0.25, -0.2) is 0 Å². The first-order valence-electron chi connectivity index (χ1n) is 15.7. The number of ether oxygens (including phenoxy) is 4. The molecular weight excluding hydrogens is 631 g/mol. The number of nitrogens with zero attached hydrogens (tertiary/aromatic N) is 5. The summed E-state index contributed by atoms with van der Waals surface area (Å²) in [7, 11) is 0. The molecule has 1 aromatic heterocycles. The first kappa shape index (κ1) is 32.9. The van der Waals surface area contributed by atoms with Crippen molar-refractivity contribution < 1.29 is 37.0 Å². The van der Waals surface area contributed by atoms with E-state index in [1.165, 1.54) is 18.3 Å². The highest BCUT2D eigenvalue weighted by atomic mass is 19.4. The maximum absolute atomic E-state index is 12.4. The highest BCUT2D eigenvalue weighted by Gasteiger charge is 2.32. The summed E-state index contributed by atoms with van der Waals surface area (Å²) in [4.78, 5) is 19.3. The van der Waals surface area contributed by atoms with Crippen LogP contribution in [0.3, 0.4) is 0 Å². The molecule has 0 bridgehead atoms. The third-order valence-electron chi connectivity index (χ3n) is 8.47. The fourth-order valence-corrected chi connectivity index (χ4v) is 6.01. The molecule has 2 aliphatic rings. The number of aryl methyl sites for hydroxylation is 1. The number of fused-ring (bicyclic) bond motifs is 1. The Hall–Kier alpha value is -4.98. The van der Waals surface area contributed by atoms with E-state index in [-0.39, 0.29) is 30.3 Å². The molecule has 3 aromatic carbocycles. The fraction of sp³-hybridized carbons (Fsp3) is 0.382. The summed E-state index contributed by atoms with van der Waals surface area (Å²) in [5.41, 5.74) is 3.01. The van der Waals surface area contributed by atoms with Crippen LogP contribution in [-0.4, -0.2) is 63.6 Å². The highest BCUT2D eigenvalue weighted by Crippen LogP contribution is 2.29. The van der Waals surface area contributed by atoms with Gasteiger partial charge in [0.2, 0.25) is 0 Å². The van der Waals surface area contributed by atoms with Gasteiger partial charge in [0.1, 0.15) is 42.8 Å². The predicted octanol–water partition coefficient (Wildman–Crippen LogP) is 6.60. The number of anilines is 1. The van der Waals surface area contributed by atoms with Crippen molar-refractivity contribution in [1.29, 1.82) is 0 Å². The van der Waals surface area contributed by atoms with E-state index >= 15 is 0 Å². The van der Waals surface area contributed by atoms with Gasteiger partial charge in [-0.1, -0.05) is 24.3 Å². The lowest BCUT2D eigenvalue weighted by molar-refractivity contribution is -0.389. The second kappa shape index (κ2) is 14.0. The van der Waals surface area contributed by atoms with Crippen molar-refractivity contribution in [3.05, 3.63) is 100 Å². The average molecular weight is 668 g/mol. The van der Waals surface area contributed by atoms with Crippen LogP contribution in [0.5, 0.6) is 23.3 Å². The van der Waals surface area contributed by atoms with Gasteiger partial charge in [-0.05, 0) is 78.4 Å². The van der Waals surface area contributed by atoms with Crippen molar-refractivity contribution in [2.45, 2.75) is 64.5 Å². The Morgan fingerprint density at radius 3 is 2.15 bits per heavy atom. The third kappa shape index (κ3) is 8.29. The standard InChI is InChI=1S/C34H36F3N5O6/c1-23-17-40(27-7-13-29(14-8-27)46-22-31-15-16-39-20-32(42(43)44)38-33(39)47-31)18-24(2)41(23)19-25-3-9-28(10-4-25)45-21-26-5-11-30(12-6-26)48-34(35,36)37/h3-14,20,23-24,31H,15-19,21-22H2,1-2H3/t23-,24+,31-/m1/s1. The molecule has 14 heteroatoms. The zero-order chi connectivity index (χ0) is 33.8. The molecule has 254 valence electrons. The lowest BCUT2D eigenvalue weighted by atomic mass is 10.0. The fourth-order valence-electron chi connectivity index (χ4n) is 6.01. The maximum Gasteiger partial charge on any atom is 0.573 e. The van der Waals surface area contributed by atoms with Crippen LogP contribution in [-0.2, 0) is 19.7 Å². The number of piperazine rings is 1. The van der Waals surface area contributed by atoms with Crippen molar-refractivity contribution in [3.63, 3.8) is 0 Å². The monoisotopic (exact) mass is 667 g/mol. The number of hydrogen-bond donors (Lipinski definition) is 0. The van der Waals surface area contributed by atoms with E-state index in [2.05, 4.69) is 45.5 Å². The molecule has 4 aromatic rings. The second-order valence-electron chi connectivity index (χ2n) is 12.1. The minimum atomic E-state index is -4.72. The molecule has 0 aliphatic carbocycles. The molecule has 1 saturated heterocycles. The largest absolute Gasteiger partial charge is 0.573 e. The first-order chi connectivity index (χ1) is 23.0. The Balaban J connectivity index is 0.954. The van der Waals surface area contributed by atoms with Crippen LogP contribution in [0.25, 0.3) is 0 Å². The van der Waals surface area contributed by atoms with Gasteiger partial charge >= 0.3 is 18.2 Å². The normalized spacial score (nSPS) is 19.7. The van der Waals surface area contributed by atoms with Gasteiger partial charge in [-0.2, -0.15) is 0 Å². The number of benzene rings is 3. The predicted molar refractivity (Wildman–Crippen MR) is 170 cm³/mol. The molecule has 0 radical (unpaired) electrons. The van der Waals surface area contributed by atoms with Crippen molar-refractivity contribution in [1.82, 2.24) is 14.5 Å². The van der Waals surface area contributed by atoms with Crippen LogP contribution < -0.4 is 23.8 Å². The first-order valence-corrected chi connectivity index (χ1v) is 15.7. The summed E-state index contributed by atoms with van der Waals surface area (Å²) in [5.74, 6) is 0.916. The smallest absolute Gasteiger partial charge is 0.490 e. The summed E-state index contributed by atoms with van der Waals surface area (Å²) in [6, 6.07) is 22.4. The van der Waals surface area contributed by atoms with E-state index in [1.54, 1.807) is 16.7 Å². The quantitative estimate of drug-likeness (QED) is 0.129. The van der Waals surface area contributed by atoms with E-state index in [0.29, 0.717) is 37.4 Å². The van der Waals surface area contributed by atoms with E-state index in [4.69, 9.17) is 14.2 Å². The van der Waals surface area contributed by atoms with Crippen LogP contribution in [0.1, 0.15) is 31.4 Å². The molecule has 0 saturated carbocycles. The molecule has 3 atom stereocenters. The third-order valence-corrected chi connectivity index (χ3v) is 8.47. The number of alkyl halides is 3. The van der Waals surface area contributed by atoms with Crippen LogP contribution in [0.2, 0.25) is 0 Å². The summed E-state index contributed by atoms with van der Waals surface area (Å²) in [5, 5.41) is 11.0. The Kier molecular flexibility index (Phi) is 9.62. The Morgan fingerprint density at radius 2 is 1.50 bits per heavy atom. The number of aromatic nitrogens is 2. The van der Waals surface area contributed by atoms with Gasteiger partial charge < -0.3 is 34.0 Å². The van der Waals surface area contributed by atoms with Gasteiger partial charge in [0.25, 0.3) is 0 Å². The summed E-state index contributed by atoms with van der Waals surface area (Å²) >= 11 is 0. The van der Waals surface area contributed by atoms with Gasteiger partial charge in [0.05, 0.1) is 0 Å². The van der Waals surface area contributed by atoms with Gasteiger partial charge in [0, 0.05) is 55.4 Å². The molecule has 48 heavy (non-hydrogen) atoms. The Labute approximate surface area is 275 Å². The average Bonchev–Trinajstić information content (AvgIpc) is 3.49. The van der Waals surface area contributed by atoms with E-state index < -0.39 is 11.3 Å². The molecule has 2 aliphatic heterocycles. The zero-order valence-corrected chi connectivity index (χ0v) is 26.5. The maximum atomic E-state index is 12.4. The van der Waals surface area contributed by atoms with Crippen molar-refractivity contribution in [2.24, 2.45) is 0 Å². The van der Waals surface area contributed by atoms with Crippen molar-refractivity contribution in [3.8, 4) is 23.3 Å². The van der Waals surface area contributed by atoms with Crippen LogP contribution >= 0.6 is 0 Å². The number of halogens is 3.